The van der Waals surface area contributed by atoms with E-state index < -0.39 is 0 Å². The Bertz CT molecular complexity index is 1160. The number of piperidine rings is 1. The average Bonchev–Trinajstić information content (AvgIpc) is 3.43. The van der Waals surface area contributed by atoms with Gasteiger partial charge in [-0.25, -0.2) is 9.97 Å². The van der Waals surface area contributed by atoms with Crippen molar-refractivity contribution in [1.82, 2.24) is 14.9 Å². The third kappa shape index (κ3) is 4.68. The first-order valence-electron chi connectivity index (χ1n) is 10.4. The quantitative estimate of drug-likeness (QED) is 0.321. The lowest BCUT2D eigenvalue weighted by Gasteiger charge is -2.31. The summed E-state index contributed by atoms with van der Waals surface area (Å²) < 4.78 is 2.34. The maximum Gasteiger partial charge on any atom is 0.253 e. The molecule has 1 aliphatic rings. The molecule has 5 rings (SSSR count). The molecular weight excluding hydrogens is 442 g/mol. The van der Waals surface area contributed by atoms with Gasteiger partial charge in [0, 0.05) is 41.4 Å². The zero-order chi connectivity index (χ0) is 21.2. The number of rotatable bonds is 5. The lowest BCUT2D eigenvalue weighted by molar-refractivity contribution is 0.0713. The first-order chi connectivity index (χ1) is 15.2. The molecule has 1 amide bonds. The summed E-state index contributed by atoms with van der Waals surface area (Å²) in [5.74, 6) is 1.46. The number of hydrogen-bond acceptors (Lipinski definition) is 6. The van der Waals surface area contributed by atoms with Crippen molar-refractivity contribution >= 4 is 50.6 Å². The predicted molar refractivity (Wildman–Crippen MR) is 130 cm³/mol. The lowest BCUT2D eigenvalue weighted by atomic mass is 9.97. The number of thiazole rings is 2. The van der Waals surface area contributed by atoms with Crippen LogP contribution >= 0.6 is 34.4 Å². The highest BCUT2D eigenvalue weighted by Gasteiger charge is 2.26. The number of carbonyl (C=O) groups is 1. The lowest BCUT2D eigenvalue weighted by Crippen LogP contribution is -2.37. The number of aryl methyl sites for hydroxylation is 1. The van der Waals surface area contributed by atoms with E-state index >= 15 is 0 Å². The standard InChI is InChI=1S/C24H23N3OS3/c1-16-14-29-24(25-16)30-15-17-6-8-19(9-7-17)23(28)27-12-10-18(11-13-27)22-26-20-4-2-3-5-21(20)31-22/h2-9,14,18H,10-13,15H2,1H3. The molecule has 4 nitrogen and oxygen atoms in total. The van der Waals surface area contributed by atoms with Crippen molar-refractivity contribution in [2.45, 2.75) is 35.8 Å². The van der Waals surface area contributed by atoms with Crippen LogP contribution in [0.5, 0.6) is 0 Å². The largest absolute Gasteiger partial charge is 0.339 e. The van der Waals surface area contributed by atoms with Crippen LogP contribution in [0.3, 0.4) is 0 Å². The molecule has 7 heteroatoms. The number of carbonyl (C=O) groups excluding carboxylic acids is 1. The third-order valence-electron chi connectivity index (χ3n) is 5.60. The van der Waals surface area contributed by atoms with E-state index in [2.05, 4.69) is 40.7 Å². The molecule has 0 saturated carbocycles. The molecule has 3 heterocycles. The van der Waals surface area contributed by atoms with Gasteiger partial charge in [0.15, 0.2) is 0 Å². The fraction of sp³-hybridized carbons (Fsp3) is 0.292. The molecule has 0 atom stereocenters. The number of aromatic nitrogens is 2. The molecule has 1 aliphatic heterocycles. The van der Waals surface area contributed by atoms with E-state index in [0.717, 1.165) is 52.8 Å². The molecule has 1 saturated heterocycles. The van der Waals surface area contributed by atoms with Crippen LogP contribution in [-0.4, -0.2) is 33.9 Å². The van der Waals surface area contributed by atoms with E-state index in [4.69, 9.17) is 4.98 Å². The second kappa shape index (κ2) is 9.10. The van der Waals surface area contributed by atoms with Crippen LogP contribution in [0.25, 0.3) is 10.2 Å². The first kappa shape index (κ1) is 20.7. The Kier molecular flexibility index (Phi) is 6.07. The van der Waals surface area contributed by atoms with Crippen LogP contribution in [-0.2, 0) is 5.75 Å². The minimum absolute atomic E-state index is 0.137. The number of benzene rings is 2. The van der Waals surface area contributed by atoms with Gasteiger partial charge in [0.2, 0.25) is 0 Å². The van der Waals surface area contributed by atoms with E-state index in [-0.39, 0.29) is 5.91 Å². The Morgan fingerprint density at radius 3 is 2.58 bits per heavy atom. The molecule has 2 aromatic carbocycles. The summed E-state index contributed by atoms with van der Waals surface area (Å²) in [6.45, 7) is 3.60. The second-order valence-electron chi connectivity index (χ2n) is 7.83. The number of likely N-dealkylation sites (tertiary alicyclic amines) is 1. The summed E-state index contributed by atoms with van der Waals surface area (Å²) in [7, 11) is 0. The smallest absolute Gasteiger partial charge is 0.253 e. The SMILES string of the molecule is Cc1csc(SCc2ccc(C(=O)N3CCC(c4nc5ccccc5s4)CC3)cc2)n1. The van der Waals surface area contributed by atoms with Gasteiger partial charge in [-0.2, -0.15) is 0 Å². The highest BCUT2D eigenvalue weighted by Crippen LogP contribution is 2.34. The number of amides is 1. The summed E-state index contributed by atoms with van der Waals surface area (Å²) in [6, 6.07) is 16.4. The molecular formula is C24H23N3OS3. The topological polar surface area (TPSA) is 46.1 Å². The van der Waals surface area contributed by atoms with Gasteiger partial charge in [-0.05, 0) is 49.6 Å². The van der Waals surface area contributed by atoms with Crippen LogP contribution < -0.4 is 0 Å². The Balaban J connectivity index is 1.17. The summed E-state index contributed by atoms with van der Waals surface area (Å²) in [6.07, 6.45) is 1.96. The molecule has 1 fully saturated rings. The van der Waals surface area contributed by atoms with Crippen molar-refractivity contribution in [1.29, 1.82) is 0 Å². The van der Waals surface area contributed by atoms with Gasteiger partial charge in [-0.15, -0.1) is 22.7 Å². The highest BCUT2D eigenvalue weighted by atomic mass is 32.2. The molecule has 0 bridgehead atoms. The number of para-hydroxylation sites is 1. The number of fused-ring (bicyclic) bond motifs is 1. The monoisotopic (exact) mass is 465 g/mol. The summed E-state index contributed by atoms with van der Waals surface area (Å²) in [5.41, 5.74) is 4.14. The van der Waals surface area contributed by atoms with Crippen LogP contribution in [0.1, 0.15) is 45.4 Å². The van der Waals surface area contributed by atoms with Gasteiger partial charge in [0.05, 0.1) is 15.2 Å². The molecule has 31 heavy (non-hydrogen) atoms. The maximum absolute atomic E-state index is 13.0. The zero-order valence-corrected chi connectivity index (χ0v) is 19.7. The van der Waals surface area contributed by atoms with Gasteiger partial charge >= 0.3 is 0 Å². The third-order valence-corrected chi connectivity index (χ3v) is 9.01. The molecule has 2 aromatic heterocycles. The normalized spacial score (nSPS) is 14.9. The molecule has 0 aliphatic carbocycles. The van der Waals surface area contributed by atoms with Crippen molar-refractivity contribution in [3.05, 3.63) is 75.7 Å². The Morgan fingerprint density at radius 2 is 1.87 bits per heavy atom. The fourth-order valence-electron chi connectivity index (χ4n) is 3.86. The van der Waals surface area contributed by atoms with E-state index in [1.165, 1.54) is 15.3 Å². The second-order valence-corrected chi connectivity index (χ2v) is 11.0. The van der Waals surface area contributed by atoms with Crippen molar-refractivity contribution in [3.8, 4) is 0 Å². The Labute approximate surface area is 194 Å². The van der Waals surface area contributed by atoms with Crippen LogP contribution in [0, 0.1) is 6.92 Å². The summed E-state index contributed by atoms with van der Waals surface area (Å²) in [4.78, 5) is 24.3. The minimum atomic E-state index is 0.137. The Morgan fingerprint density at radius 1 is 1.10 bits per heavy atom. The molecule has 0 spiro atoms. The molecule has 0 radical (unpaired) electrons. The molecule has 4 aromatic rings. The van der Waals surface area contributed by atoms with Crippen molar-refractivity contribution in [2.75, 3.05) is 13.1 Å². The van der Waals surface area contributed by atoms with Crippen molar-refractivity contribution < 1.29 is 4.79 Å². The van der Waals surface area contributed by atoms with E-state index in [0.29, 0.717) is 5.92 Å². The van der Waals surface area contributed by atoms with Crippen LogP contribution in [0.15, 0.2) is 58.3 Å². The number of hydrogen-bond donors (Lipinski definition) is 0. The summed E-state index contributed by atoms with van der Waals surface area (Å²) in [5, 5.41) is 3.29. The first-order valence-corrected chi connectivity index (χ1v) is 13.1. The highest BCUT2D eigenvalue weighted by molar-refractivity contribution is 8.00. The zero-order valence-electron chi connectivity index (χ0n) is 17.3. The van der Waals surface area contributed by atoms with Crippen LogP contribution in [0.2, 0.25) is 0 Å². The maximum atomic E-state index is 13.0. The molecule has 0 unspecified atom stereocenters. The average molecular weight is 466 g/mol. The van der Waals surface area contributed by atoms with Gasteiger partial charge in [-0.3, -0.25) is 4.79 Å². The Hall–Kier alpha value is -2.22. The van der Waals surface area contributed by atoms with Gasteiger partial charge in [-0.1, -0.05) is 36.0 Å². The number of nitrogens with zero attached hydrogens (tertiary/aromatic N) is 3. The van der Waals surface area contributed by atoms with Crippen molar-refractivity contribution in [3.63, 3.8) is 0 Å². The van der Waals surface area contributed by atoms with Crippen LogP contribution in [0.4, 0.5) is 0 Å². The molecule has 158 valence electrons. The van der Waals surface area contributed by atoms with E-state index in [1.54, 1.807) is 34.4 Å². The summed E-state index contributed by atoms with van der Waals surface area (Å²) >= 11 is 5.22. The van der Waals surface area contributed by atoms with Gasteiger partial charge in [0.1, 0.15) is 4.34 Å². The minimum Gasteiger partial charge on any atom is -0.339 e. The van der Waals surface area contributed by atoms with Crippen molar-refractivity contribution in [2.24, 2.45) is 0 Å². The van der Waals surface area contributed by atoms with E-state index in [9.17, 15) is 4.79 Å². The van der Waals surface area contributed by atoms with E-state index in [1.807, 2.05) is 30.0 Å². The van der Waals surface area contributed by atoms with Gasteiger partial charge < -0.3 is 4.90 Å². The molecule has 0 N–H and O–H groups in total. The predicted octanol–water partition coefficient (Wildman–Crippen LogP) is 6.37. The fourth-order valence-corrected chi connectivity index (χ4v) is 6.81. The number of thioether (sulfide) groups is 1. The van der Waals surface area contributed by atoms with Gasteiger partial charge in [0.25, 0.3) is 5.91 Å².